The van der Waals surface area contributed by atoms with Gasteiger partial charge in [-0.15, -0.1) is 0 Å². The van der Waals surface area contributed by atoms with Crippen molar-refractivity contribution in [1.82, 2.24) is 10.6 Å². The molecule has 0 aromatic heterocycles. The van der Waals surface area contributed by atoms with Gasteiger partial charge in [0.05, 0.1) is 19.9 Å². The summed E-state index contributed by atoms with van der Waals surface area (Å²) in [6.45, 7) is 1.48. The molecule has 3 rings (SSSR count). The molecule has 0 saturated carbocycles. The molecular weight excluding hydrogens is 354 g/mol. The summed E-state index contributed by atoms with van der Waals surface area (Å²) in [5.74, 6) is 3.09. The highest BCUT2D eigenvalue weighted by molar-refractivity contribution is 7.99. The maximum atomic E-state index is 12.7. The van der Waals surface area contributed by atoms with Gasteiger partial charge in [-0.1, -0.05) is 0 Å². The molecule has 2 saturated heterocycles. The van der Waals surface area contributed by atoms with Gasteiger partial charge in [-0.3, -0.25) is 9.59 Å². The molecule has 26 heavy (non-hydrogen) atoms. The number of nitrogens with one attached hydrogen (secondary N) is 2. The zero-order valence-corrected chi connectivity index (χ0v) is 15.9. The van der Waals surface area contributed by atoms with Gasteiger partial charge in [0.25, 0.3) is 0 Å². The first kappa shape index (κ1) is 18.8. The number of hydrogen-bond donors (Lipinski definition) is 2. The van der Waals surface area contributed by atoms with Crippen molar-refractivity contribution in [3.8, 4) is 11.5 Å². The Labute approximate surface area is 157 Å². The lowest BCUT2D eigenvalue weighted by Crippen LogP contribution is -2.46. The summed E-state index contributed by atoms with van der Waals surface area (Å²) in [4.78, 5) is 26.7. The maximum Gasteiger partial charge on any atom is 0.249 e. The molecule has 142 valence electrons. The van der Waals surface area contributed by atoms with E-state index in [1.165, 1.54) is 0 Å². The minimum absolute atomic E-state index is 0.0755. The lowest BCUT2D eigenvalue weighted by Gasteiger charge is -2.23. The van der Waals surface area contributed by atoms with Crippen LogP contribution in [0.2, 0.25) is 0 Å². The Balaban J connectivity index is 1.61. The van der Waals surface area contributed by atoms with E-state index in [1.54, 1.807) is 37.3 Å². The maximum absolute atomic E-state index is 12.7. The van der Waals surface area contributed by atoms with Gasteiger partial charge in [-0.25, -0.2) is 0 Å². The molecule has 2 fully saturated rings. The fraction of sp³-hybridized carbons (Fsp3) is 0.556. The van der Waals surface area contributed by atoms with Gasteiger partial charge in [0.2, 0.25) is 11.8 Å². The Kier molecular flexibility index (Phi) is 6.26. The summed E-state index contributed by atoms with van der Waals surface area (Å²) in [6, 6.07) is 5.07. The topological polar surface area (TPSA) is 79.9 Å². The molecule has 1 aromatic carbocycles. The highest BCUT2D eigenvalue weighted by Crippen LogP contribution is 2.31. The van der Waals surface area contributed by atoms with Crippen molar-refractivity contribution in [3.63, 3.8) is 0 Å². The minimum Gasteiger partial charge on any atom is -0.497 e. The van der Waals surface area contributed by atoms with Crippen LogP contribution in [0.4, 0.5) is 5.69 Å². The second-order valence-corrected chi connectivity index (χ2v) is 7.55. The van der Waals surface area contributed by atoms with Crippen LogP contribution in [0.15, 0.2) is 18.2 Å². The number of methoxy groups -OCH3 is 2. The van der Waals surface area contributed by atoms with Crippen molar-refractivity contribution in [3.05, 3.63) is 18.2 Å². The Morgan fingerprint density at radius 2 is 2.04 bits per heavy atom. The van der Waals surface area contributed by atoms with Gasteiger partial charge in [0.15, 0.2) is 0 Å². The Morgan fingerprint density at radius 1 is 1.31 bits per heavy atom. The van der Waals surface area contributed by atoms with Crippen LogP contribution in [-0.4, -0.2) is 62.7 Å². The molecule has 2 aliphatic heterocycles. The lowest BCUT2D eigenvalue weighted by atomic mass is 10.2. The fourth-order valence-corrected chi connectivity index (χ4v) is 4.20. The normalized spacial score (nSPS) is 23.0. The van der Waals surface area contributed by atoms with Gasteiger partial charge in [-0.05, 0) is 6.42 Å². The van der Waals surface area contributed by atoms with Gasteiger partial charge < -0.3 is 25.0 Å². The molecule has 2 heterocycles. The number of thioether (sulfide) groups is 1. The molecule has 0 radical (unpaired) electrons. The predicted octanol–water partition coefficient (Wildman–Crippen LogP) is 1.02. The second kappa shape index (κ2) is 8.64. The molecule has 0 aliphatic carbocycles. The zero-order chi connectivity index (χ0) is 18.5. The van der Waals surface area contributed by atoms with Crippen molar-refractivity contribution in [1.29, 1.82) is 0 Å². The molecule has 0 spiro atoms. The zero-order valence-electron chi connectivity index (χ0n) is 15.1. The van der Waals surface area contributed by atoms with Crippen LogP contribution in [0, 0.1) is 0 Å². The van der Waals surface area contributed by atoms with Crippen LogP contribution in [0.1, 0.15) is 12.8 Å². The highest BCUT2D eigenvalue weighted by Gasteiger charge is 2.34. The van der Waals surface area contributed by atoms with E-state index < -0.39 is 6.04 Å². The van der Waals surface area contributed by atoms with E-state index in [1.807, 2.05) is 11.8 Å². The summed E-state index contributed by atoms with van der Waals surface area (Å²) < 4.78 is 10.5. The average Bonchev–Trinajstić information content (AvgIpc) is 3.02. The number of carbonyl (C=O) groups is 2. The van der Waals surface area contributed by atoms with Crippen LogP contribution in [-0.2, 0) is 9.59 Å². The summed E-state index contributed by atoms with van der Waals surface area (Å²) in [5.41, 5.74) is 0.716. The van der Waals surface area contributed by atoms with Crippen LogP contribution < -0.4 is 25.0 Å². The molecule has 2 unspecified atom stereocenters. The molecule has 8 heteroatoms. The van der Waals surface area contributed by atoms with E-state index in [9.17, 15) is 9.59 Å². The third-order valence-electron chi connectivity index (χ3n) is 4.62. The fourth-order valence-electron chi connectivity index (χ4n) is 3.25. The molecular formula is C18H25N3O4S. The third-order valence-corrected chi connectivity index (χ3v) is 5.75. The van der Waals surface area contributed by atoms with Crippen LogP contribution in [0.5, 0.6) is 11.5 Å². The SMILES string of the molecule is COc1cc(OC)cc(N2CCC(NC(=O)CC3CSCCN3)C2=O)c1. The number of anilines is 1. The minimum atomic E-state index is -0.476. The van der Waals surface area contributed by atoms with E-state index in [2.05, 4.69) is 10.6 Å². The summed E-state index contributed by atoms with van der Waals surface area (Å²) in [6.07, 6.45) is 1.00. The Morgan fingerprint density at radius 3 is 2.65 bits per heavy atom. The van der Waals surface area contributed by atoms with E-state index in [0.717, 1.165) is 18.1 Å². The van der Waals surface area contributed by atoms with E-state index in [4.69, 9.17) is 9.47 Å². The van der Waals surface area contributed by atoms with Crippen molar-refractivity contribution in [2.45, 2.75) is 24.9 Å². The monoisotopic (exact) mass is 379 g/mol. The largest absolute Gasteiger partial charge is 0.497 e. The van der Waals surface area contributed by atoms with Gasteiger partial charge in [-0.2, -0.15) is 11.8 Å². The summed E-state index contributed by atoms with van der Waals surface area (Å²) in [7, 11) is 3.15. The Hall–Kier alpha value is -1.93. The molecule has 7 nitrogen and oxygen atoms in total. The van der Waals surface area contributed by atoms with Crippen LogP contribution in [0.3, 0.4) is 0 Å². The van der Waals surface area contributed by atoms with Crippen molar-refractivity contribution >= 4 is 29.3 Å². The smallest absolute Gasteiger partial charge is 0.249 e. The van der Waals surface area contributed by atoms with Crippen molar-refractivity contribution in [2.75, 3.05) is 43.7 Å². The second-order valence-electron chi connectivity index (χ2n) is 6.40. The van der Waals surface area contributed by atoms with Crippen molar-refractivity contribution in [2.24, 2.45) is 0 Å². The number of carbonyl (C=O) groups excluding carboxylic acids is 2. The van der Waals surface area contributed by atoms with Gasteiger partial charge >= 0.3 is 0 Å². The number of benzene rings is 1. The van der Waals surface area contributed by atoms with Gasteiger partial charge in [0, 0.05) is 55.3 Å². The molecule has 2 N–H and O–H groups in total. The quantitative estimate of drug-likeness (QED) is 0.768. The lowest BCUT2D eigenvalue weighted by molar-refractivity contribution is -0.126. The van der Waals surface area contributed by atoms with E-state index in [0.29, 0.717) is 36.6 Å². The van der Waals surface area contributed by atoms with Crippen LogP contribution in [0.25, 0.3) is 0 Å². The first-order valence-electron chi connectivity index (χ1n) is 8.75. The number of amides is 2. The Bertz CT molecular complexity index is 642. The molecule has 0 bridgehead atoms. The van der Waals surface area contributed by atoms with Crippen molar-refractivity contribution < 1.29 is 19.1 Å². The van der Waals surface area contributed by atoms with E-state index >= 15 is 0 Å². The number of rotatable bonds is 6. The summed E-state index contributed by atoms with van der Waals surface area (Å²) >= 11 is 1.85. The molecule has 2 aliphatic rings. The number of ether oxygens (including phenoxy) is 2. The van der Waals surface area contributed by atoms with Crippen LogP contribution >= 0.6 is 11.8 Å². The predicted molar refractivity (Wildman–Crippen MR) is 102 cm³/mol. The van der Waals surface area contributed by atoms with E-state index in [-0.39, 0.29) is 17.9 Å². The average molecular weight is 379 g/mol. The standard InChI is InChI=1S/C18H25N3O4S/c1-24-14-8-13(9-15(10-14)25-2)21-5-3-16(18(21)23)20-17(22)7-12-11-26-6-4-19-12/h8-10,12,16,19H,3-7,11H2,1-2H3,(H,20,22). The van der Waals surface area contributed by atoms with Gasteiger partial charge in [0.1, 0.15) is 17.5 Å². The number of nitrogens with zero attached hydrogens (tertiary/aromatic N) is 1. The molecule has 2 atom stereocenters. The first-order valence-corrected chi connectivity index (χ1v) is 9.91. The third kappa shape index (κ3) is 4.42. The first-order chi connectivity index (χ1) is 12.6. The number of hydrogen-bond acceptors (Lipinski definition) is 6. The molecule has 2 amide bonds. The highest BCUT2D eigenvalue weighted by atomic mass is 32.2. The molecule has 1 aromatic rings. The summed E-state index contributed by atoms with van der Waals surface area (Å²) in [5, 5.41) is 6.23.